The number of halogens is 5. The van der Waals surface area contributed by atoms with Gasteiger partial charge in [-0.2, -0.15) is 17.6 Å². The fourth-order valence-corrected chi connectivity index (χ4v) is 4.92. The van der Waals surface area contributed by atoms with E-state index in [1.54, 1.807) is 0 Å². The molecule has 1 aromatic heterocycles. The van der Waals surface area contributed by atoms with Crippen molar-refractivity contribution >= 4 is 23.3 Å². The van der Waals surface area contributed by atoms with E-state index in [0.717, 1.165) is 26.2 Å². The number of hydrogen-bond acceptors (Lipinski definition) is 6. The van der Waals surface area contributed by atoms with Crippen molar-refractivity contribution < 1.29 is 41.0 Å². The average Bonchev–Trinajstić information content (AvgIpc) is 3.14. The summed E-state index contributed by atoms with van der Waals surface area (Å²) in [4.78, 5) is 31.3. The summed E-state index contributed by atoms with van der Waals surface area (Å²) >= 11 is 0. The van der Waals surface area contributed by atoms with Crippen LogP contribution in [0.25, 0.3) is 0 Å². The molecule has 0 bridgehead atoms. The third kappa shape index (κ3) is 4.80. The van der Waals surface area contributed by atoms with Gasteiger partial charge in [0.1, 0.15) is 11.9 Å². The molecule has 2 saturated heterocycles. The van der Waals surface area contributed by atoms with Crippen LogP contribution in [0.4, 0.5) is 33.5 Å². The minimum atomic E-state index is -4.88. The third-order valence-electron chi connectivity index (χ3n) is 7.22. The first-order valence-corrected chi connectivity index (χ1v) is 11.9. The van der Waals surface area contributed by atoms with Crippen LogP contribution >= 0.6 is 0 Å². The van der Waals surface area contributed by atoms with Gasteiger partial charge in [0.2, 0.25) is 11.7 Å². The molecule has 4 rings (SSSR count). The lowest BCUT2D eigenvalue weighted by Crippen LogP contribution is -2.53. The highest BCUT2D eigenvalue weighted by molar-refractivity contribution is 5.98. The maximum absolute atomic E-state index is 14.5. The number of aromatic nitrogens is 1. The monoisotopic (exact) mass is 542 g/mol. The molecule has 0 radical (unpaired) electrons. The van der Waals surface area contributed by atoms with Crippen LogP contribution in [0.5, 0.6) is 5.75 Å². The maximum Gasteiger partial charge on any atom is 0.417 e. The number of nitrogens with one attached hydrogen (secondary N) is 2. The molecule has 5 atom stereocenters. The van der Waals surface area contributed by atoms with E-state index in [4.69, 9.17) is 9.47 Å². The Morgan fingerprint density at radius 1 is 1.26 bits per heavy atom. The van der Waals surface area contributed by atoms with E-state index in [-0.39, 0.29) is 35.6 Å². The Morgan fingerprint density at radius 2 is 1.97 bits per heavy atom. The van der Waals surface area contributed by atoms with Crippen molar-refractivity contribution in [3.63, 3.8) is 0 Å². The zero-order chi connectivity index (χ0) is 28.0. The van der Waals surface area contributed by atoms with Gasteiger partial charge >= 0.3 is 6.18 Å². The maximum atomic E-state index is 14.5. The molecule has 0 saturated carbocycles. The Hall–Kier alpha value is -3.32. The van der Waals surface area contributed by atoms with Crippen molar-refractivity contribution in [2.24, 2.45) is 5.92 Å². The molecule has 1 aromatic carbocycles. The molecule has 2 aliphatic rings. The molecule has 38 heavy (non-hydrogen) atoms. The van der Waals surface area contributed by atoms with Crippen molar-refractivity contribution in [3.05, 3.63) is 47.7 Å². The second-order valence-corrected chi connectivity index (χ2v) is 9.62. The van der Waals surface area contributed by atoms with E-state index >= 15 is 0 Å². The lowest BCUT2D eigenvalue weighted by Gasteiger charge is -2.32. The van der Waals surface area contributed by atoms with Gasteiger partial charge in [-0.1, -0.05) is 13.0 Å². The fraction of sp³-hybridized carbons (Fsp3) is 0.480. The molecule has 2 fully saturated rings. The minimum absolute atomic E-state index is 0.00647. The smallest absolute Gasteiger partial charge is 0.417 e. The first-order valence-electron chi connectivity index (χ1n) is 11.9. The number of piperazine rings is 1. The molecule has 8 nitrogen and oxygen atoms in total. The molecule has 2 amide bonds. The summed E-state index contributed by atoms with van der Waals surface area (Å²) in [6.07, 6.45) is -5.28. The van der Waals surface area contributed by atoms with E-state index in [1.807, 2.05) is 6.92 Å². The average molecular weight is 543 g/mol. The number of alkyl halides is 3. The summed E-state index contributed by atoms with van der Waals surface area (Å²) in [5.41, 5.74) is -2.75. The van der Waals surface area contributed by atoms with Gasteiger partial charge in [0.25, 0.3) is 5.91 Å². The van der Waals surface area contributed by atoms with Crippen LogP contribution in [0.3, 0.4) is 0 Å². The van der Waals surface area contributed by atoms with Gasteiger partial charge in [0.15, 0.2) is 17.2 Å². The molecule has 206 valence electrons. The molecular weight excluding hydrogens is 515 g/mol. The highest BCUT2D eigenvalue weighted by Crippen LogP contribution is 2.55. The van der Waals surface area contributed by atoms with Crippen molar-refractivity contribution in [3.8, 4) is 5.75 Å². The van der Waals surface area contributed by atoms with Gasteiger partial charge < -0.3 is 20.1 Å². The summed E-state index contributed by atoms with van der Waals surface area (Å²) in [5, 5.41) is 5.55. The molecule has 0 aliphatic carbocycles. The molecular formula is C25H27F5N4O4. The molecule has 13 heteroatoms. The number of ether oxygens (including phenoxy) is 2. The molecule has 0 unspecified atom stereocenters. The Balaban J connectivity index is 1.69. The van der Waals surface area contributed by atoms with Gasteiger partial charge in [-0.3, -0.25) is 14.5 Å². The second-order valence-electron chi connectivity index (χ2n) is 9.62. The minimum Gasteiger partial charge on any atom is -0.493 e. The molecule has 0 spiro atoms. The summed E-state index contributed by atoms with van der Waals surface area (Å²) in [7, 11) is 1.05. The number of amides is 2. The van der Waals surface area contributed by atoms with Crippen molar-refractivity contribution in [1.82, 2.24) is 10.3 Å². The number of carbonyl (C=O) groups is 2. The van der Waals surface area contributed by atoms with E-state index in [2.05, 4.69) is 15.6 Å². The van der Waals surface area contributed by atoms with E-state index in [1.165, 1.54) is 30.2 Å². The predicted octanol–water partition coefficient (Wildman–Crippen LogP) is 3.77. The second kappa shape index (κ2) is 10.1. The van der Waals surface area contributed by atoms with Crippen LogP contribution in [0.1, 0.15) is 32.3 Å². The number of hydrogen-bond donors (Lipinski definition) is 2. The van der Waals surface area contributed by atoms with Gasteiger partial charge in [-0.25, -0.2) is 9.37 Å². The number of pyridine rings is 1. The summed E-state index contributed by atoms with van der Waals surface area (Å²) in [6.45, 7) is 4.35. The summed E-state index contributed by atoms with van der Waals surface area (Å²) in [6, 6.07) is 4.67. The number of nitrogens with zero attached hydrogens (tertiary/aromatic N) is 2. The van der Waals surface area contributed by atoms with E-state index in [0.29, 0.717) is 6.54 Å². The lowest BCUT2D eigenvalue weighted by atomic mass is 9.77. The number of methoxy groups -OCH3 is 1. The van der Waals surface area contributed by atoms with Crippen LogP contribution in [0.2, 0.25) is 0 Å². The zero-order valence-electron chi connectivity index (χ0n) is 21.0. The Bertz CT molecular complexity index is 1240. The Labute approximate surface area is 215 Å². The quantitative estimate of drug-likeness (QED) is 0.559. The SMILES string of the molecule is COc1c([C@H]2[C@H](C(=O)Nc3ccnc(N4C[C@H](C)NCC4=O)c3)O[C@@](C)(C(F)(F)F)[C@H]2C)ccc(F)c1F. The highest BCUT2D eigenvalue weighted by atomic mass is 19.4. The van der Waals surface area contributed by atoms with Gasteiger partial charge in [-0.05, 0) is 26.0 Å². The van der Waals surface area contributed by atoms with Crippen molar-refractivity contribution in [2.75, 3.05) is 30.4 Å². The van der Waals surface area contributed by atoms with Crippen molar-refractivity contribution in [1.29, 1.82) is 0 Å². The van der Waals surface area contributed by atoms with E-state index in [9.17, 15) is 31.5 Å². The van der Waals surface area contributed by atoms with Crippen LogP contribution in [-0.2, 0) is 14.3 Å². The van der Waals surface area contributed by atoms with Gasteiger partial charge in [-0.15, -0.1) is 0 Å². The van der Waals surface area contributed by atoms with Crippen LogP contribution in [0.15, 0.2) is 30.5 Å². The standard InChI is InChI=1S/C25H27F5N4O4/c1-12-11-34(18(35)10-32-12)17-9-14(7-8-31-17)33-23(36)22-19(13(2)24(3,38-22)25(28,29)30)15-5-6-16(26)20(27)21(15)37-4/h5-9,12-13,19,22,32H,10-11H2,1-4H3,(H,31,33,36)/t12-,13-,19-,22+,24+/m0/s1. The summed E-state index contributed by atoms with van der Waals surface area (Å²) < 4.78 is 81.1. The number of anilines is 2. The largest absolute Gasteiger partial charge is 0.493 e. The first kappa shape index (κ1) is 27.7. The van der Waals surface area contributed by atoms with Gasteiger partial charge in [0, 0.05) is 47.9 Å². The molecule has 2 N–H and O–H groups in total. The Morgan fingerprint density at radius 3 is 2.63 bits per heavy atom. The topological polar surface area (TPSA) is 92.8 Å². The lowest BCUT2D eigenvalue weighted by molar-refractivity contribution is -0.272. The zero-order valence-corrected chi connectivity index (χ0v) is 21.0. The predicted molar refractivity (Wildman–Crippen MR) is 127 cm³/mol. The van der Waals surface area contributed by atoms with Crippen molar-refractivity contribution in [2.45, 2.75) is 50.6 Å². The normalized spacial score (nSPS) is 27.9. The molecule has 3 heterocycles. The first-order chi connectivity index (χ1) is 17.8. The van der Waals surface area contributed by atoms with Gasteiger partial charge in [0.05, 0.1) is 13.7 Å². The van der Waals surface area contributed by atoms with Crippen LogP contribution < -0.4 is 20.3 Å². The van der Waals surface area contributed by atoms with E-state index < -0.39 is 53.0 Å². The molecule has 2 aromatic rings. The Kier molecular flexibility index (Phi) is 7.36. The number of rotatable bonds is 5. The van der Waals surface area contributed by atoms with Crippen LogP contribution in [-0.4, -0.2) is 60.9 Å². The third-order valence-corrected chi connectivity index (χ3v) is 7.22. The molecule has 2 aliphatic heterocycles. The highest BCUT2D eigenvalue weighted by Gasteiger charge is 2.66. The fourth-order valence-electron chi connectivity index (χ4n) is 4.92. The summed E-state index contributed by atoms with van der Waals surface area (Å²) in [5.74, 6) is -6.90. The number of benzene rings is 1. The number of carbonyl (C=O) groups excluding carboxylic acids is 2. The van der Waals surface area contributed by atoms with Crippen LogP contribution in [0, 0.1) is 17.6 Å².